The van der Waals surface area contributed by atoms with Gasteiger partial charge in [-0.1, -0.05) is 30.3 Å². The number of aryl methyl sites for hydroxylation is 1. The fourth-order valence-corrected chi connectivity index (χ4v) is 1.65. The van der Waals surface area contributed by atoms with Crippen molar-refractivity contribution in [2.75, 3.05) is 0 Å². The van der Waals surface area contributed by atoms with Crippen LogP contribution in [0, 0.1) is 6.92 Å². The van der Waals surface area contributed by atoms with Crippen molar-refractivity contribution in [2.24, 2.45) is 0 Å². The molecule has 0 unspecified atom stereocenters. The van der Waals surface area contributed by atoms with Crippen molar-refractivity contribution in [1.29, 1.82) is 0 Å². The number of carboxylic acids is 1. The maximum Gasteiger partial charge on any atom is 0.336 e. The van der Waals surface area contributed by atoms with Gasteiger partial charge >= 0.3 is 5.97 Å². The van der Waals surface area contributed by atoms with Crippen LogP contribution in [0.15, 0.2) is 36.4 Å². The van der Waals surface area contributed by atoms with E-state index in [1.165, 1.54) is 0 Å². The molecule has 2 rings (SSSR count). The third kappa shape index (κ3) is 2.04. The maximum atomic E-state index is 10.9. The Morgan fingerprint density at radius 1 is 1.07 bits per heavy atom. The molecule has 0 fully saturated rings. The Bertz CT molecular complexity index is 506. The number of hydrogen-bond donors (Lipinski definition) is 1. The topological polar surface area (TPSA) is 37.3 Å². The Labute approximate surface area is 98.7 Å². The van der Waals surface area contributed by atoms with E-state index in [4.69, 9.17) is 5.11 Å². The van der Waals surface area contributed by atoms with Crippen LogP contribution in [-0.4, -0.2) is 28.4 Å². The highest BCUT2D eigenvalue weighted by Crippen LogP contribution is 2.21. The second-order valence-electron chi connectivity index (χ2n) is 3.28. The van der Waals surface area contributed by atoms with Crippen LogP contribution >= 0.6 is 0 Å². The summed E-state index contributed by atoms with van der Waals surface area (Å²) >= 11 is 0. The smallest absolute Gasteiger partial charge is 0.336 e. The van der Waals surface area contributed by atoms with Crippen molar-refractivity contribution in [3.63, 3.8) is 0 Å². The second-order valence-corrected chi connectivity index (χ2v) is 3.28. The minimum absolute atomic E-state index is 0. The molecule has 0 spiro atoms. The molecular weight excluding hydrogens is 203 g/mol. The average Bonchev–Trinajstić information content (AvgIpc) is 2.17. The molecule has 1 N–H and O–H groups in total. The molecule has 2 aromatic rings. The number of carboxylic acid groups (broad SMARTS) is 1. The molecule has 0 heterocycles. The largest absolute Gasteiger partial charge is 0.478 e. The van der Waals surface area contributed by atoms with Crippen LogP contribution in [-0.2, 0) is 0 Å². The second kappa shape index (κ2) is 4.48. The third-order valence-corrected chi connectivity index (χ3v) is 2.37. The Balaban J connectivity index is 0.00000112. The quantitative estimate of drug-likeness (QED) is 0.739. The van der Waals surface area contributed by atoms with Gasteiger partial charge in [0.1, 0.15) is 0 Å². The number of hydrogen-bond acceptors (Lipinski definition) is 1. The van der Waals surface area contributed by atoms with E-state index in [9.17, 15) is 4.79 Å². The normalized spacial score (nSPS) is 9.67. The van der Waals surface area contributed by atoms with Gasteiger partial charge in [0, 0.05) is 17.4 Å². The summed E-state index contributed by atoms with van der Waals surface area (Å²) < 4.78 is 0. The highest BCUT2D eigenvalue weighted by atomic mass is 27.0. The van der Waals surface area contributed by atoms with Gasteiger partial charge in [-0.15, -0.1) is 0 Å². The van der Waals surface area contributed by atoms with E-state index in [1.54, 1.807) is 12.1 Å². The zero-order valence-electron chi connectivity index (χ0n) is 8.40. The lowest BCUT2D eigenvalue weighted by molar-refractivity contribution is 0.0699. The van der Waals surface area contributed by atoms with Crippen LogP contribution in [0.5, 0.6) is 0 Å². The van der Waals surface area contributed by atoms with Crippen molar-refractivity contribution in [3.8, 4) is 0 Å². The van der Waals surface area contributed by atoms with Crippen molar-refractivity contribution < 1.29 is 9.90 Å². The van der Waals surface area contributed by atoms with Crippen LogP contribution in [0.25, 0.3) is 10.8 Å². The zero-order chi connectivity index (χ0) is 10.1. The van der Waals surface area contributed by atoms with Gasteiger partial charge in [-0.25, -0.2) is 4.79 Å². The van der Waals surface area contributed by atoms with Gasteiger partial charge in [0.25, 0.3) is 0 Å². The van der Waals surface area contributed by atoms with E-state index >= 15 is 0 Å². The molecular formula is C12H10AlO2. The molecule has 3 radical (unpaired) electrons. The third-order valence-electron chi connectivity index (χ3n) is 2.37. The Morgan fingerprint density at radius 3 is 2.33 bits per heavy atom. The first-order valence-electron chi connectivity index (χ1n) is 4.42. The van der Waals surface area contributed by atoms with Crippen LogP contribution in [0.3, 0.4) is 0 Å². The molecule has 0 aliphatic rings. The zero-order valence-corrected chi connectivity index (χ0v) is 9.55. The number of fused-ring (bicyclic) bond motifs is 1. The Morgan fingerprint density at radius 2 is 1.67 bits per heavy atom. The molecule has 0 aromatic heterocycles. The van der Waals surface area contributed by atoms with Crippen molar-refractivity contribution in [2.45, 2.75) is 6.92 Å². The fraction of sp³-hybridized carbons (Fsp3) is 0.0833. The first-order valence-corrected chi connectivity index (χ1v) is 4.42. The lowest BCUT2D eigenvalue weighted by Gasteiger charge is -2.04. The lowest BCUT2D eigenvalue weighted by Crippen LogP contribution is -1.97. The summed E-state index contributed by atoms with van der Waals surface area (Å²) in [6, 6.07) is 11.0. The molecule has 73 valence electrons. The average molecular weight is 213 g/mol. The van der Waals surface area contributed by atoms with Gasteiger partial charge in [-0.3, -0.25) is 0 Å². The highest BCUT2D eigenvalue weighted by Gasteiger charge is 2.07. The van der Waals surface area contributed by atoms with Gasteiger partial charge in [0.05, 0.1) is 5.56 Å². The first kappa shape index (κ1) is 11.8. The van der Waals surface area contributed by atoms with Gasteiger partial charge in [0.15, 0.2) is 0 Å². The predicted molar refractivity (Wildman–Crippen MR) is 61.4 cm³/mol. The molecule has 15 heavy (non-hydrogen) atoms. The minimum Gasteiger partial charge on any atom is -0.478 e. The highest BCUT2D eigenvalue weighted by molar-refractivity contribution is 6.04. The maximum absolute atomic E-state index is 10.9. The van der Waals surface area contributed by atoms with E-state index in [2.05, 4.69) is 0 Å². The Hall–Kier alpha value is -1.30. The molecule has 0 aliphatic carbocycles. The number of carbonyl (C=O) groups is 1. The summed E-state index contributed by atoms with van der Waals surface area (Å²) in [6.45, 7) is 1.98. The monoisotopic (exact) mass is 213 g/mol. The summed E-state index contributed by atoms with van der Waals surface area (Å²) in [5.41, 5.74) is 1.47. The standard InChI is InChI=1S/C12H10O2.Al/c1-8-4-2-6-10-9(8)5-3-7-11(10)12(13)14;/h2-7H,1H3,(H,13,14);. The Kier molecular flexibility index (Phi) is 3.52. The molecule has 0 bridgehead atoms. The molecule has 0 atom stereocenters. The molecule has 0 saturated heterocycles. The fourth-order valence-electron chi connectivity index (χ4n) is 1.65. The van der Waals surface area contributed by atoms with Gasteiger partial charge in [0.2, 0.25) is 0 Å². The summed E-state index contributed by atoms with van der Waals surface area (Å²) in [6.07, 6.45) is 0. The molecule has 3 heteroatoms. The SMILES string of the molecule is Cc1cccc2c(C(=O)O)cccc12.[Al]. The van der Waals surface area contributed by atoms with Gasteiger partial charge in [-0.05, 0) is 29.3 Å². The molecule has 2 nitrogen and oxygen atoms in total. The first-order chi connectivity index (χ1) is 6.70. The van der Waals surface area contributed by atoms with Crippen molar-refractivity contribution >= 4 is 34.1 Å². The van der Waals surface area contributed by atoms with Crippen LogP contribution in [0.1, 0.15) is 15.9 Å². The van der Waals surface area contributed by atoms with Crippen molar-refractivity contribution in [3.05, 3.63) is 47.5 Å². The number of rotatable bonds is 1. The minimum atomic E-state index is -0.874. The van der Waals surface area contributed by atoms with Crippen LogP contribution in [0.2, 0.25) is 0 Å². The van der Waals surface area contributed by atoms with E-state index in [0.29, 0.717) is 5.56 Å². The summed E-state index contributed by atoms with van der Waals surface area (Å²) in [5, 5.41) is 10.8. The molecule has 0 aliphatic heterocycles. The van der Waals surface area contributed by atoms with E-state index in [-0.39, 0.29) is 17.4 Å². The van der Waals surface area contributed by atoms with E-state index < -0.39 is 5.97 Å². The summed E-state index contributed by atoms with van der Waals surface area (Å²) in [7, 11) is 0. The van der Waals surface area contributed by atoms with Crippen LogP contribution in [0.4, 0.5) is 0 Å². The van der Waals surface area contributed by atoms with Crippen LogP contribution < -0.4 is 0 Å². The summed E-state index contributed by atoms with van der Waals surface area (Å²) in [4.78, 5) is 10.9. The molecule has 2 aromatic carbocycles. The van der Waals surface area contributed by atoms with Gasteiger partial charge in [-0.2, -0.15) is 0 Å². The van der Waals surface area contributed by atoms with E-state index in [0.717, 1.165) is 16.3 Å². The van der Waals surface area contributed by atoms with Crippen molar-refractivity contribution in [1.82, 2.24) is 0 Å². The lowest BCUT2D eigenvalue weighted by atomic mass is 10.0. The summed E-state index contributed by atoms with van der Waals surface area (Å²) in [5.74, 6) is -0.874. The number of benzene rings is 2. The van der Waals surface area contributed by atoms with Gasteiger partial charge < -0.3 is 5.11 Å². The predicted octanol–water partition coefficient (Wildman–Crippen LogP) is 2.47. The molecule has 0 saturated carbocycles. The molecule has 0 amide bonds. The number of aromatic carboxylic acids is 1. The van der Waals surface area contributed by atoms with E-state index in [1.807, 2.05) is 31.2 Å².